The van der Waals surface area contributed by atoms with E-state index in [0.29, 0.717) is 6.54 Å². The summed E-state index contributed by atoms with van der Waals surface area (Å²) in [7, 11) is 0. The highest BCUT2D eigenvalue weighted by molar-refractivity contribution is 7.15. The van der Waals surface area contributed by atoms with Gasteiger partial charge in [-0.2, -0.15) is 0 Å². The highest BCUT2D eigenvalue weighted by atomic mass is 32.1. The van der Waals surface area contributed by atoms with Gasteiger partial charge in [-0.1, -0.05) is 18.2 Å². The standard InChI is InChI=1S/C16H15N3OS/c20-15(18-16-17-12-5-3-7-14(12)21-16)10-19-9-8-11-4-1-2-6-13(11)19/h1-2,4,6,8-9H,3,5,7,10H2,(H,17,18,20). The van der Waals surface area contributed by atoms with Crippen molar-refractivity contribution in [2.24, 2.45) is 0 Å². The smallest absolute Gasteiger partial charge is 0.246 e. The number of thiazole rings is 1. The zero-order valence-corrected chi connectivity index (χ0v) is 12.3. The number of fused-ring (bicyclic) bond motifs is 2. The van der Waals surface area contributed by atoms with Crippen LogP contribution in [0.15, 0.2) is 36.5 Å². The number of hydrogen-bond acceptors (Lipinski definition) is 3. The van der Waals surface area contributed by atoms with Gasteiger partial charge < -0.3 is 9.88 Å². The van der Waals surface area contributed by atoms with Gasteiger partial charge >= 0.3 is 0 Å². The molecule has 0 atom stereocenters. The molecule has 0 radical (unpaired) electrons. The Morgan fingerprint density at radius 1 is 1.29 bits per heavy atom. The Morgan fingerprint density at radius 2 is 2.19 bits per heavy atom. The highest BCUT2D eigenvalue weighted by Crippen LogP contribution is 2.30. The minimum atomic E-state index is -0.0243. The molecule has 1 aromatic carbocycles. The number of hydrogen-bond donors (Lipinski definition) is 1. The van der Waals surface area contributed by atoms with Crippen molar-refractivity contribution in [1.29, 1.82) is 0 Å². The van der Waals surface area contributed by atoms with Crippen LogP contribution in [-0.2, 0) is 24.2 Å². The molecule has 0 aliphatic heterocycles. The highest BCUT2D eigenvalue weighted by Gasteiger charge is 2.17. The van der Waals surface area contributed by atoms with E-state index < -0.39 is 0 Å². The van der Waals surface area contributed by atoms with Gasteiger partial charge in [-0.25, -0.2) is 4.98 Å². The molecule has 2 aromatic heterocycles. The van der Waals surface area contributed by atoms with Crippen LogP contribution in [0, 0.1) is 0 Å². The lowest BCUT2D eigenvalue weighted by Crippen LogP contribution is -2.18. The van der Waals surface area contributed by atoms with E-state index in [1.807, 2.05) is 35.0 Å². The molecule has 0 fully saturated rings. The third-order valence-corrected chi connectivity index (χ3v) is 4.91. The first kappa shape index (κ1) is 12.6. The molecule has 4 nitrogen and oxygen atoms in total. The molecule has 1 aliphatic rings. The summed E-state index contributed by atoms with van der Waals surface area (Å²) in [5.41, 5.74) is 2.25. The number of rotatable bonds is 3. The van der Waals surface area contributed by atoms with Gasteiger partial charge in [-0.3, -0.25) is 4.79 Å². The van der Waals surface area contributed by atoms with Gasteiger partial charge in [-0.15, -0.1) is 11.3 Å². The molecule has 0 unspecified atom stereocenters. The van der Waals surface area contributed by atoms with Crippen LogP contribution in [0.2, 0.25) is 0 Å². The van der Waals surface area contributed by atoms with Crippen molar-refractivity contribution in [2.45, 2.75) is 25.8 Å². The maximum absolute atomic E-state index is 12.2. The lowest BCUT2D eigenvalue weighted by Gasteiger charge is -2.05. The van der Waals surface area contributed by atoms with Crippen molar-refractivity contribution in [3.63, 3.8) is 0 Å². The average molecular weight is 297 g/mol. The summed E-state index contributed by atoms with van der Waals surface area (Å²) in [5.74, 6) is -0.0243. The molecule has 1 N–H and O–H groups in total. The molecule has 3 aromatic rings. The zero-order valence-electron chi connectivity index (χ0n) is 11.5. The van der Waals surface area contributed by atoms with Crippen LogP contribution in [0.25, 0.3) is 10.9 Å². The molecule has 0 bridgehead atoms. The first-order valence-corrected chi connectivity index (χ1v) is 7.93. The van der Waals surface area contributed by atoms with Gasteiger partial charge in [0.15, 0.2) is 5.13 Å². The molecule has 4 rings (SSSR count). The number of aryl methyl sites for hydroxylation is 2. The normalized spacial score (nSPS) is 13.5. The van der Waals surface area contributed by atoms with Crippen LogP contribution < -0.4 is 5.32 Å². The Hall–Kier alpha value is -2.14. The SMILES string of the molecule is O=C(Cn1ccc2ccccc21)Nc1nc2c(s1)CCC2. The van der Waals surface area contributed by atoms with E-state index in [2.05, 4.69) is 16.4 Å². The van der Waals surface area contributed by atoms with E-state index in [1.54, 1.807) is 11.3 Å². The third kappa shape index (κ3) is 2.34. The van der Waals surface area contributed by atoms with E-state index in [4.69, 9.17) is 0 Å². The maximum Gasteiger partial charge on any atom is 0.246 e. The zero-order chi connectivity index (χ0) is 14.2. The monoisotopic (exact) mass is 297 g/mol. The summed E-state index contributed by atoms with van der Waals surface area (Å²) >= 11 is 1.61. The molecule has 1 amide bonds. The predicted molar refractivity (Wildman–Crippen MR) is 84.7 cm³/mol. The molecular weight excluding hydrogens is 282 g/mol. The van der Waals surface area contributed by atoms with E-state index in [9.17, 15) is 4.79 Å². The van der Waals surface area contributed by atoms with Crippen LogP contribution in [0.3, 0.4) is 0 Å². The van der Waals surface area contributed by atoms with Gasteiger partial charge in [0.2, 0.25) is 5.91 Å². The van der Waals surface area contributed by atoms with E-state index >= 15 is 0 Å². The topological polar surface area (TPSA) is 46.9 Å². The molecule has 21 heavy (non-hydrogen) atoms. The van der Waals surface area contributed by atoms with Gasteiger partial charge in [0.1, 0.15) is 6.54 Å². The van der Waals surface area contributed by atoms with Crippen molar-refractivity contribution >= 4 is 33.3 Å². The van der Waals surface area contributed by atoms with Crippen molar-refractivity contribution < 1.29 is 4.79 Å². The number of nitrogens with one attached hydrogen (secondary N) is 1. The number of anilines is 1. The molecule has 106 valence electrons. The van der Waals surface area contributed by atoms with E-state index in [1.165, 1.54) is 17.0 Å². The molecule has 2 heterocycles. The summed E-state index contributed by atoms with van der Waals surface area (Å²) in [5, 5.41) is 4.81. The lowest BCUT2D eigenvalue weighted by molar-refractivity contribution is -0.116. The third-order valence-electron chi connectivity index (χ3n) is 3.84. The number of carbonyl (C=O) groups excluding carboxylic acids is 1. The summed E-state index contributed by atoms with van der Waals surface area (Å²) in [4.78, 5) is 18.0. The van der Waals surface area contributed by atoms with Crippen LogP contribution in [0.1, 0.15) is 17.0 Å². The molecular formula is C16H15N3OS. The maximum atomic E-state index is 12.2. The number of para-hydroxylation sites is 1. The number of amides is 1. The van der Waals surface area contributed by atoms with Crippen molar-refractivity contribution in [3.05, 3.63) is 47.1 Å². The van der Waals surface area contributed by atoms with Crippen LogP contribution in [0.4, 0.5) is 5.13 Å². The van der Waals surface area contributed by atoms with E-state index in [-0.39, 0.29) is 5.91 Å². The summed E-state index contributed by atoms with van der Waals surface area (Å²) in [6.45, 7) is 0.317. The average Bonchev–Trinajstić information content (AvgIpc) is 3.14. The molecule has 0 saturated carbocycles. The van der Waals surface area contributed by atoms with Crippen molar-refractivity contribution in [3.8, 4) is 0 Å². The Labute approximate surface area is 126 Å². The number of carbonyl (C=O) groups is 1. The molecule has 5 heteroatoms. The Morgan fingerprint density at radius 3 is 3.10 bits per heavy atom. The second-order valence-electron chi connectivity index (χ2n) is 5.29. The van der Waals surface area contributed by atoms with Gasteiger partial charge in [-0.05, 0) is 36.8 Å². The Kier molecular flexibility index (Phi) is 3.00. The first-order valence-electron chi connectivity index (χ1n) is 7.12. The number of aromatic nitrogens is 2. The van der Waals surface area contributed by atoms with E-state index in [0.717, 1.165) is 28.9 Å². The van der Waals surface area contributed by atoms with Crippen LogP contribution >= 0.6 is 11.3 Å². The summed E-state index contributed by atoms with van der Waals surface area (Å²) in [6.07, 6.45) is 5.29. The number of nitrogens with zero attached hydrogens (tertiary/aromatic N) is 2. The second-order valence-corrected chi connectivity index (χ2v) is 6.38. The Balaban J connectivity index is 1.50. The Bertz CT molecular complexity index is 796. The predicted octanol–water partition coefficient (Wildman–Crippen LogP) is 3.23. The molecule has 0 saturated heterocycles. The van der Waals surface area contributed by atoms with Crippen LogP contribution in [0.5, 0.6) is 0 Å². The van der Waals surface area contributed by atoms with Crippen molar-refractivity contribution in [2.75, 3.05) is 5.32 Å². The molecule has 0 spiro atoms. The first-order chi connectivity index (χ1) is 10.3. The number of benzene rings is 1. The molecule has 1 aliphatic carbocycles. The summed E-state index contributed by atoms with van der Waals surface area (Å²) < 4.78 is 1.96. The quantitative estimate of drug-likeness (QED) is 0.807. The summed E-state index contributed by atoms with van der Waals surface area (Å²) in [6, 6.07) is 10.1. The fourth-order valence-electron chi connectivity index (χ4n) is 2.84. The van der Waals surface area contributed by atoms with Crippen molar-refractivity contribution in [1.82, 2.24) is 9.55 Å². The van der Waals surface area contributed by atoms with Gasteiger partial charge in [0.25, 0.3) is 0 Å². The van der Waals surface area contributed by atoms with Gasteiger partial charge in [0.05, 0.1) is 5.69 Å². The fraction of sp³-hybridized carbons (Fsp3) is 0.250. The fourth-order valence-corrected chi connectivity index (χ4v) is 3.90. The van der Waals surface area contributed by atoms with Crippen LogP contribution in [-0.4, -0.2) is 15.5 Å². The lowest BCUT2D eigenvalue weighted by atomic mass is 10.2. The minimum absolute atomic E-state index is 0.0243. The van der Waals surface area contributed by atoms with Gasteiger partial charge in [0, 0.05) is 16.6 Å². The minimum Gasteiger partial charge on any atom is -0.338 e. The second kappa shape index (κ2) is 5.00. The largest absolute Gasteiger partial charge is 0.338 e.